The molecule has 2 aromatic heterocycles. The maximum atomic E-state index is 13.1. The van der Waals surface area contributed by atoms with E-state index < -0.39 is 0 Å². The maximum Gasteiger partial charge on any atom is 0.332 e. The summed E-state index contributed by atoms with van der Waals surface area (Å²) in [6, 6.07) is 6.34. The zero-order chi connectivity index (χ0) is 22.4. The summed E-state index contributed by atoms with van der Waals surface area (Å²) in [6.07, 6.45) is 0.274. The normalized spacial score (nSPS) is 19.9. The Bertz CT molecular complexity index is 1240. The first-order chi connectivity index (χ1) is 14.7. The average Bonchev–Trinajstić information content (AvgIpc) is 3.05. The van der Waals surface area contributed by atoms with Crippen LogP contribution in [0.3, 0.4) is 0 Å². The molecule has 0 N–H and O–H groups in total. The van der Waals surface area contributed by atoms with E-state index in [0.29, 0.717) is 24.3 Å². The van der Waals surface area contributed by atoms with Gasteiger partial charge in [0.1, 0.15) is 5.82 Å². The number of benzene rings is 1. The number of aromatic nitrogens is 4. The molecule has 3 heterocycles. The lowest BCUT2D eigenvalue weighted by atomic mass is 10.1. The van der Waals surface area contributed by atoms with E-state index in [1.807, 2.05) is 4.57 Å². The van der Waals surface area contributed by atoms with Crippen molar-refractivity contribution in [1.29, 1.82) is 0 Å². The Balaban J connectivity index is 1.88. The molecule has 0 radical (unpaired) electrons. The molecule has 1 fully saturated rings. The Kier molecular flexibility index (Phi) is 5.61. The fraction of sp³-hybridized carbons (Fsp3) is 0.522. The predicted octanol–water partition coefficient (Wildman–Crippen LogP) is 1.71. The monoisotopic (exact) mass is 425 g/mol. The van der Waals surface area contributed by atoms with Crippen molar-refractivity contribution in [1.82, 2.24) is 23.6 Å². The van der Waals surface area contributed by atoms with Crippen molar-refractivity contribution >= 4 is 11.2 Å². The molecular formula is C23H31N5O3. The maximum absolute atomic E-state index is 13.1. The third kappa shape index (κ3) is 3.97. The van der Waals surface area contributed by atoms with Gasteiger partial charge in [0.05, 0.1) is 18.8 Å². The van der Waals surface area contributed by atoms with Crippen LogP contribution in [0.4, 0.5) is 0 Å². The van der Waals surface area contributed by atoms with Gasteiger partial charge in [0.25, 0.3) is 5.56 Å². The van der Waals surface area contributed by atoms with Gasteiger partial charge in [0.2, 0.25) is 0 Å². The summed E-state index contributed by atoms with van der Waals surface area (Å²) in [6.45, 7) is 11.0. The molecule has 4 rings (SSSR count). The summed E-state index contributed by atoms with van der Waals surface area (Å²) in [4.78, 5) is 32.7. The van der Waals surface area contributed by atoms with E-state index in [2.05, 4.69) is 50.8 Å². The Morgan fingerprint density at radius 3 is 2.39 bits per heavy atom. The molecule has 166 valence electrons. The first kappa shape index (κ1) is 21.5. The fourth-order valence-electron chi connectivity index (χ4n) is 4.54. The first-order valence-corrected chi connectivity index (χ1v) is 10.7. The van der Waals surface area contributed by atoms with Gasteiger partial charge in [-0.1, -0.05) is 23.8 Å². The number of hydrogen-bond donors (Lipinski definition) is 0. The van der Waals surface area contributed by atoms with Crippen LogP contribution in [0, 0.1) is 13.8 Å². The second-order valence-electron chi connectivity index (χ2n) is 8.87. The van der Waals surface area contributed by atoms with Gasteiger partial charge in [-0.25, -0.2) is 9.78 Å². The third-order valence-electron chi connectivity index (χ3n) is 6.12. The van der Waals surface area contributed by atoms with Crippen LogP contribution in [0.1, 0.15) is 36.4 Å². The summed E-state index contributed by atoms with van der Waals surface area (Å²) in [5.74, 6) is 0.788. The minimum atomic E-state index is -0.367. The van der Waals surface area contributed by atoms with E-state index in [9.17, 15) is 9.59 Å². The van der Waals surface area contributed by atoms with E-state index >= 15 is 0 Å². The standard InChI is InChI=1S/C23H31N5O3/c1-14-7-8-15(2)18(9-14)12-28-19(13-27-10-16(3)31-17(4)11-27)24-21-20(28)22(29)26(6)23(30)25(21)5/h7-9,16-17H,10-13H2,1-6H3/t16-,17-/m0/s1. The summed E-state index contributed by atoms with van der Waals surface area (Å²) < 4.78 is 10.5. The second kappa shape index (κ2) is 8.09. The van der Waals surface area contributed by atoms with Crippen molar-refractivity contribution in [3.05, 3.63) is 61.6 Å². The molecule has 1 saturated heterocycles. The zero-order valence-corrected chi connectivity index (χ0v) is 19.2. The molecular weight excluding hydrogens is 394 g/mol. The molecule has 0 unspecified atom stereocenters. The molecule has 0 amide bonds. The van der Waals surface area contributed by atoms with Gasteiger partial charge in [-0.2, -0.15) is 0 Å². The summed E-state index contributed by atoms with van der Waals surface area (Å²) in [5.41, 5.74) is 3.69. The van der Waals surface area contributed by atoms with E-state index in [1.54, 1.807) is 7.05 Å². The van der Waals surface area contributed by atoms with Crippen LogP contribution in [-0.4, -0.2) is 48.9 Å². The van der Waals surface area contributed by atoms with Gasteiger partial charge < -0.3 is 9.30 Å². The van der Waals surface area contributed by atoms with E-state index in [-0.39, 0.29) is 23.5 Å². The first-order valence-electron chi connectivity index (χ1n) is 10.7. The van der Waals surface area contributed by atoms with Gasteiger partial charge in [-0.15, -0.1) is 0 Å². The van der Waals surface area contributed by atoms with Crippen LogP contribution in [0.5, 0.6) is 0 Å². The highest BCUT2D eigenvalue weighted by atomic mass is 16.5. The molecule has 31 heavy (non-hydrogen) atoms. The molecule has 0 bridgehead atoms. The summed E-state index contributed by atoms with van der Waals surface area (Å²) in [7, 11) is 3.19. The Morgan fingerprint density at radius 1 is 1.03 bits per heavy atom. The van der Waals surface area contributed by atoms with Crippen LogP contribution in [-0.2, 0) is 31.9 Å². The molecule has 8 heteroatoms. The van der Waals surface area contributed by atoms with Gasteiger partial charge in [-0.05, 0) is 38.8 Å². The number of hydrogen-bond acceptors (Lipinski definition) is 5. The quantitative estimate of drug-likeness (QED) is 0.636. The highest BCUT2D eigenvalue weighted by molar-refractivity contribution is 5.71. The van der Waals surface area contributed by atoms with Crippen LogP contribution >= 0.6 is 0 Å². The fourth-order valence-corrected chi connectivity index (χ4v) is 4.54. The molecule has 3 aromatic rings. The zero-order valence-electron chi connectivity index (χ0n) is 19.2. The van der Waals surface area contributed by atoms with Gasteiger partial charge in [0.15, 0.2) is 11.2 Å². The SMILES string of the molecule is Cc1ccc(C)c(Cn2c(CN3C[C@H](C)O[C@@H](C)C3)nc3c2c(=O)n(C)c(=O)n3C)c1. The Labute approximate surface area is 181 Å². The third-order valence-corrected chi connectivity index (χ3v) is 6.12. The van der Waals surface area contributed by atoms with Gasteiger partial charge in [0, 0.05) is 33.7 Å². The minimum Gasteiger partial charge on any atom is -0.373 e. The van der Waals surface area contributed by atoms with Gasteiger partial charge in [-0.3, -0.25) is 18.8 Å². The molecule has 8 nitrogen and oxygen atoms in total. The predicted molar refractivity (Wildman–Crippen MR) is 121 cm³/mol. The Hall–Kier alpha value is -2.71. The molecule has 1 aliphatic rings. The molecule has 2 atom stereocenters. The Morgan fingerprint density at radius 2 is 1.71 bits per heavy atom. The number of imidazole rings is 1. The van der Waals surface area contributed by atoms with Crippen LogP contribution in [0.2, 0.25) is 0 Å². The van der Waals surface area contributed by atoms with Crippen molar-refractivity contribution < 1.29 is 4.74 Å². The molecule has 0 aliphatic carbocycles. The number of morpholine rings is 1. The summed E-state index contributed by atoms with van der Waals surface area (Å²) in [5, 5.41) is 0. The molecule has 1 aromatic carbocycles. The van der Waals surface area contributed by atoms with Crippen molar-refractivity contribution in [3.63, 3.8) is 0 Å². The molecule has 0 saturated carbocycles. The second-order valence-corrected chi connectivity index (χ2v) is 8.87. The number of nitrogens with zero attached hydrogens (tertiary/aromatic N) is 5. The highest BCUT2D eigenvalue weighted by Crippen LogP contribution is 2.20. The molecule has 0 spiro atoms. The van der Waals surface area contributed by atoms with Crippen molar-refractivity contribution in [2.45, 2.75) is 53.0 Å². The van der Waals surface area contributed by atoms with Gasteiger partial charge >= 0.3 is 5.69 Å². The molecule has 1 aliphatic heterocycles. The number of ether oxygens (including phenoxy) is 1. The summed E-state index contributed by atoms with van der Waals surface area (Å²) >= 11 is 0. The van der Waals surface area contributed by atoms with Crippen molar-refractivity contribution in [3.8, 4) is 0 Å². The smallest absolute Gasteiger partial charge is 0.332 e. The minimum absolute atomic E-state index is 0.137. The van der Waals surface area contributed by atoms with E-state index in [0.717, 1.165) is 34.6 Å². The average molecular weight is 426 g/mol. The number of aryl methyl sites for hydroxylation is 3. The van der Waals surface area contributed by atoms with E-state index in [4.69, 9.17) is 9.72 Å². The van der Waals surface area contributed by atoms with Crippen LogP contribution in [0.25, 0.3) is 11.2 Å². The van der Waals surface area contributed by atoms with Crippen molar-refractivity contribution in [2.75, 3.05) is 13.1 Å². The number of fused-ring (bicyclic) bond motifs is 1. The lowest BCUT2D eigenvalue weighted by Crippen LogP contribution is -2.45. The van der Waals surface area contributed by atoms with Crippen LogP contribution in [0.15, 0.2) is 27.8 Å². The lowest BCUT2D eigenvalue weighted by Gasteiger charge is -2.35. The lowest BCUT2D eigenvalue weighted by molar-refractivity contribution is -0.0712. The van der Waals surface area contributed by atoms with Crippen LogP contribution < -0.4 is 11.2 Å². The topological polar surface area (TPSA) is 74.3 Å². The largest absolute Gasteiger partial charge is 0.373 e. The van der Waals surface area contributed by atoms with Crippen molar-refractivity contribution in [2.24, 2.45) is 14.1 Å². The highest BCUT2D eigenvalue weighted by Gasteiger charge is 2.26. The van der Waals surface area contributed by atoms with E-state index in [1.165, 1.54) is 17.2 Å². The number of rotatable bonds is 4.